The van der Waals surface area contributed by atoms with Crippen LogP contribution in [-0.4, -0.2) is 63.4 Å². The van der Waals surface area contributed by atoms with E-state index in [0.717, 1.165) is 11.0 Å². The van der Waals surface area contributed by atoms with Crippen LogP contribution in [0.1, 0.15) is 24.1 Å². The van der Waals surface area contributed by atoms with Crippen LogP contribution < -0.4 is 0 Å². The zero-order chi connectivity index (χ0) is 18.1. The highest BCUT2D eigenvalue weighted by atomic mass is 32.2. The predicted octanol–water partition coefficient (Wildman–Crippen LogP) is 0.620. The Balaban J connectivity index is 1.65. The molecule has 3 aromatic rings. The first-order valence-corrected chi connectivity index (χ1v) is 10.3. The normalized spacial score (nSPS) is 19.3. The summed E-state index contributed by atoms with van der Waals surface area (Å²) in [6, 6.07) is 7.43. The Labute approximate surface area is 150 Å². The third kappa shape index (κ3) is 3.47. The number of hydrogen-bond acceptors (Lipinski definition) is 7. The van der Waals surface area contributed by atoms with E-state index in [9.17, 15) is 8.42 Å². The molecule has 1 aliphatic rings. The molecule has 0 saturated carbocycles. The molecule has 26 heavy (non-hydrogen) atoms. The van der Waals surface area contributed by atoms with Crippen LogP contribution in [0.3, 0.4) is 0 Å². The van der Waals surface area contributed by atoms with Crippen molar-refractivity contribution < 1.29 is 13.2 Å². The summed E-state index contributed by atoms with van der Waals surface area (Å²) in [5.74, 6) is 1.59. The smallest absolute Gasteiger partial charge is 0.153 e. The van der Waals surface area contributed by atoms with E-state index in [0.29, 0.717) is 37.6 Å². The zero-order valence-corrected chi connectivity index (χ0v) is 15.3. The molecule has 0 bridgehead atoms. The Bertz CT molecular complexity index is 993. The first-order chi connectivity index (χ1) is 12.5. The summed E-state index contributed by atoms with van der Waals surface area (Å²) in [5.41, 5.74) is 1.61. The largest absolute Gasteiger partial charge is 0.384 e. The van der Waals surface area contributed by atoms with E-state index in [-0.39, 0.29) is 17.5 Å². The van der Waals surface area contributed by atoms with Crippen LogP contribution in [0.5, 0.6) is 0 Å². The quantitative estimate of drug-likeness (QED) is 0.621. The molecule has 0 aliphatic carbocycles. The van der Waals surface area contributed by atoms with E-state index in [1.807, 2.05) is 24.3 Å². The number of rotatable bonds is 6. The van der Waals surface area contributed by atoms with Crippen molar-refractivity contribution in [3.05, 3.63) is 35.9 Å². The van der Waals surface area contributed by atoms with Gasteiger partial charge in [0.05, 0.1) is 24.2 Å². The molecule has 10 heteroatoms. The molecular formula is C16H20N6O3S. The molecular weight excluding hydrogens is 356 g/mol. The Morgan fingerprint density at radius 1 is 1.19 bits per heavy atom. The molecule has 1 aliphatic heterocycles. The van der Waals surface area contributed by atoms with E-state index in [2.05, 4.69) is 20.3 Å². The summed E-state index contributed by atoms with van der Waals surface area (Å²) in [6.07, 6.45) is 1.13. The second-order valence-electron chi connectivity index (χ2n) is 6.41. The topological polar surface area (TPSA) is 105 Å². The first kappa shape index (κ1) is 17.1. The number of benzene rings is 1. The third-order valence-corrected chi connectivity index (χ3v) is 6.19. The molecule has 2 aromatic heterocycles. The molecule has 0 radical (unpaired) electrons. The fourth-order valence-corrected chi connectivity index (χ4v) is 4.87. The van der Waals surface area contributed by atoms with E-state index in [1.165, 1.54) is 0 Å². The van der Waals surface area contributed by atoms with Gasteiger partial charge in [-0.1, -0.05) is 12.1 Å². The Morgan fingerprint density at radius 2 is 1.92 bits per heavy atom. The lowest BCUT2D eigenvalue weighted by Gasteiger charge is -2.11. The van der Waals surface area contributed by atoms with Gasteiger partial charge in [-0.15, -0.1) is 0 Å². The molecule has 9 nitrogen and oxygen atoms in total. The number of aromatic nitrogens is 6. The molecule has 0 N–H and O–H groups in total. The fraction of sp³-hybridized carbons (Fsp3) is 0.500. The lowest BCUT2D eigenvalue weighted by atomic mass is 10.3. The van der Waals surface area contributed by atoms with Crippen molar-refractivity contribution in [2.45, 2.75) is 25.4 Å². The second kappa shape index (κ2) is 6.76. The maximum atomic E-state index is 11.9. The van der Waals surface area contributed by atoms with Gasteiger partial charge in [0.1, 0.15) is 17.6 Å². The molecule has 1 aromatic carbocycles. The summed E-state index contributed by atoms with van der Waals surface area (Å²) in [7, 11) is -1.39. The van der Waals surface area contributed by atoms with Gasteiger partial charge in [0.15, 0.2) is 21.5 Å². The van der Waals surface area contributed by atoms with Crippen LogP contribution in [0, 0.1) is 0 Å². The summed E-state index contributed by atoms with van der Waals surface area (Å²) in [6.45, 7) is 0.849. The Kier molecular flexibility index (Phi) is 4.45. The van der Waals surface area contributed by atoms with Crippen LogP contribution >= 0.6 is 0 Å². The van der Waals surface area contributed by atoms with Crippen LogP contribution in [-0.2, 0) is 27.5 Å². The third-order valence-electron chi connectivity index (χ3n) is 4.44. The summed E-state index contributed by atoms with van der Waals surface area (Å²) in [5, 5.41) is 13.5. The van der Waals surface area contributed by atoms with Crippen molar-refractivity contribution in [1.82, 2.24) is 29.8 Å². The van der Waals surface area contributed by atoms with E-state index >= 15 is 0 Å². The minimum Gasteiger partial charge on any atom is -0.384 e. The number of sulfone groups is 1. The van der Waals surface area contributed by atoms with Gasteiger partial charge in [-0.25, -0.2) is 18.1 Å². The Hall–Kier alpha value is -2.33. The highest BCUT2D eigenvalue weighted by Crippen LogP contribution is 2.24. The molecule has 1 saturated heterocycles. The zero-order valence-electron chi connectivity index (χ0n) is 14.4. The lowest BCUT2D eigenvalue weighted by Crippen LogP contribution is -2.18. The average molecular weight is 376 g/mol. The van der Waals surface area contributed by atoms with Crippen LogP contribution in [0.15, 0.2) is 24.3 Å². The SMILES string of the molecule is COCCc1nc(Cn2nc3ccccc3n2)n([C@@H]2CCS(=O)(=O)C2)n1. The van der Waals surface area contributed by atoms with Gasteiger partial charge in [-0.2, -0.15) is 20.1 Å². The summed E-state index contributed by atoms with van der Waals surface area (Å²) < 4.78 is 30.6. The predicted molar refractivity (Wildman–Crippen MR) is 94.5 cm³/mol. The van der Waals surface area contributed by atoms with Gasteiger partial charge in [-0.05, 0) is 18.6 Å². The van der Waals surface area contributed by atoms with Crippen molar-refractivity contribution >= 4 is 20.9 Å². The Morgan fingerprint density at radius 3 is 2.54 bits per heavy atom. The van der Waals surface area contributed by atoms with Gasteiger partial charge in [0.25, 0.3) is 0 Å². The monoisotopic (exact) mass is 376 g/mol. The molecule has 0 unspecified atom stereocenters. The van der Waals surface area contributed by atoms with Crippen LogP contribution in [0.2, 0.25) is 0 Å². The first-order valence-electron chi connectivity index (χ1n) is 8.47. The average Bonchev–Trinajstić information content (AvgIpc) is 3.29. The number of methoxy groups -OCH3 is 1. The van der Waals surface area contributed by atoms with Gasteiger partial charge < -0.3 is 4.74 Å². The van der Waals surface area contributed by atoms with Gasteiger partial charge in [0, 0.05) is 13.5 Å². The van der Waals surface area contributed by atoms with Crippen molar-refractivity contribution in [3.63, 3.8) is 0 Å². The standard InChI is InChI=1S/C16H20N6O3S/c1-25-8-6-15-17-16(22(20-15)12-7-9-26(23,24)11-12)10-21-18-13-4-2-3-5-14(13)19-21/h2-5,12H,6-11H2,1H3/t12-/m1/s1. The van der Waals surface area contributed by atoms with Crippen LogP contribution in [0.4, 0.5) is 0 Å². The highest BCUT2D eigenvalue weighted by molar-refractivity contribution is 7.91. The number of nitrogens with zero attached hydrogens (tertiary/aromatic N) is 6. The van der Waals surface area contributed by atoms with Crippen molar-refractivity contribution in [2.75, 3.05) is 25.2 Å². The number of fused-ring (bicyclic) bond motifs is 1. The van der Waals surface area contributed by atoms with Crippen molar-refractivity contribution in [2.24, 2.45) is 0 Å². The molecule has 0 spiro atoms. The summed E-state index contributed by atoms with van der Waals surface area (Å²) >= 11 is 0. The molecule has 4 rings (SSSR count). The number of ether oxygens (including phenoxy) is 1. The van der Waals surface area contributed by atoms with Gasteiger partial charge >= 0.3 is 0 Å². The van der Waals surface area contributed by atoms with Gasteiger partial charge in [-0.3, -0.25) is 0 Å². The van der Waals surface area contributed by atoms with Crippen molar-refractivity contribution in [3.8, 4) is 0 Å². The molecule has 3 heterocycles. The summed E-state index contributed by atoms with van der Waals surface area (Å²) in [4.78, 5) is 6.16. The van der Waals surface area contributed by atoms with Gasteiger partial charge in [0.2, 0.25) is 0 Å². The molecule has 0 amide bonds. The molecule has 1 atom stereocenters. The molecule has 1 fully saturated rings. The van der Waals surface area contributed by atoms with E-state index in [4.69, 9.17) is 4.74 Å². The van der Waals surface area contributed by atoms with E-state index in [1.54, 1.807) is 16.6 Å². The highest BCUT2D eigenvalue weighted by Gasteiger charge is 2.32. The van der Waals surface area contributed by atoms with E-state index < -0.39 is 9.84 Å². The maximum absolute atomic E-state index is 11.9. The maximum Gasteiger partial charge on any atom is 0.153 e. The molecule has 138 valence electrons. The minimum atomic E-state index is -3.01. The van der Waals surface area contributed by atoms with Crippen molar-refractivity contribution in [1.29, 1.82) is 0 Å². The van der Waals surface area contributed by atoms with Crippen LogP contribution in [0.25, 0.3) is 11.0 Å². The minimum absolute atomic E-state index is 0.0988. The number of hydrogen-bond donors (Lipinski definition) is 0. The second-order valence-corrected chi connectivity index (χ2v) is 8.64. The lowest BCUT2D eigenvalue weighted by molar-refractivity contribution is 0.200. The fourth-order valence-electron chi connectivity index (χ4n) is 3.17.